The number of hydrogen-bond acceptors (Lipinski definition) is 12. The minimum atomic E-state index is -0.849. The number of alkyl carbamates (subject to hydrolysis) is 1. The van der Waals surface area contributed by atoms with E-state index in [-0.39, 0.29) is 41.5 Å². The fourth-order valence-corrected chi connectivity index (χ4v) is 3.77. The van der Waals surface area contributed by atoms with Gasteiger partial charge in [0, 0.05) is 25.3 Å². The standard InChI is InChI=1S/C29H44ClN11O5/c1-28(2,3)45-26(43)40-25(34)41(27(44)46-29(4,5)6)16-15-35-18-12-10-17(11-13-18)9-7-8-14-36-24(33)39-23(42)19-21(31)38-22(32)20(30)37-19/h10-13,35H,7-9,14-16H2,1-6H3,(H4,31,32,38)(H2,34,40,43)(H3,33,36,39,42). The zero-order valence-corrected chi connectivity index (χ0v) is 27.7. The third kappa shape index (κ3) is 13.4. The second-order valence-corrected chi connectivity index (χ2v) is 12.4. The second-order valence-electron chi connectivity index (χ2n) is 12.0. The summed E-state index contributed by atoms with van der Waals surface area (Å²) in [5.41, 5.74) is 17.1. The first-order valence-electron chi connectivity index (χ1n) is 14.5. The number of ether oxygens (including phenoxy) is 2. The first kappa shape index (κ1) is 37.3. The first-order chi connectivity index (χ1) is 21.3. The number of amides is 3. The normalized spacial score (nSPS) is 11.8. The summed E-state index contributed by atoms with van der Waals surface area (Å²) in [6, 6.07) is 7.75. The summed E-state index contributed by atoms with van der Waals surface area (Å²) in [6.45, 7) is 10.9. The number of guanidine groups is 2. The van der Waals surface area contributed by atoms with Crippen LogP contribution in [0.1, 0.15) is 70.4 Å². The summed E-state index contributed by atoms with van der Waals surface area (Å²) in [7, 11) is 0. The Balaban J connectivity index is 1.82. The molecule has 46 heavy (non-hydrogen) atoms. The molecule has 0 aliphatic rings. The van der Waals surface area contributed by atoms with Crippen molar-refractivity contribution < 1.29 is 23.9 Å². The Hall–Kier alpha value is -4.86. The molecular weight excluding hydrogens is 618 g/mol. The Morgan fingerprint density at radius 3 is 2.20 bits per heavy atom. The predicted octanol–water partition coefficient (Wildman–Crippen LogP) is 3.47. The number of carbonyl (C=O) groups is 3. The Bertz CT molecular complexity index is 1420. The van der Waals surface area contributed by atoms with Gasteiger partial charge in [-0.25, -0.2) is 24.5 Å². The summed E-state index contributed by atoms with van der Waals surface area (Å²) >= 11 is 5.81. The van der Waals surface area contributed by atoms with E-state index in [1.807, 2.05) is 24.3 Å². The highest BCUT2D eigenvalue weighted by Gasteiger charge is 2.27. The molecule has 17 heteroatoms. The fourth-order valence-electron chi connectivity index (χ4n) is 3.64. The highest BCUT2D eigenvalue weighted by molar-refractivity contribution is 6.31. The van der Waals surface area contributed by atoms with Gasteiger partial charge in [0.15, 0.2) is 28.4 Å². The smallest absolute Gasteiger partial charge is 0.417 e. The zero-order chi connectivity index (χ0) is 34.7. The highest BCUT2D eigenvalue weighted by Crippen LogP contribution is 2.17. The average Bonchev–Trinajstić information content (AvgIpc) is 2.91. The van der Waals surface area contributed by atoms with Crippen LogP contribution < -0.4 is 33.2 Å². The van der Waals surface area contributed by atoms with Crippen molar-refractivity contribution in [3.8, 4) is 0 Å². The molecule has 2 aromatic rings. The van der Waals surface area contributed by atoms with Gasteiger partial charge in [-0.05, 0) is 78.5 Å². The number of benzene rings is 1. The number of aryl methyl sites for hydroxylation is 1. The molecular formula is C29H44ClN11O5. The maximum absolute atomic E-state index is 12.8. The lowest BCUT2D eigenvalue weighted by Gasteiger charge is -2.28. The van der Waals surface area contributed by atoms with Crippen molar-refractivity contribution in [2.75, 3.05) is 36.4 Å². The molecule has 1 heterocycles. The van der Waals surface area contributed by atoms with Gasteiger partial charge in [-0.3, -0.25) is 25.8 Å². The SMILES string of the molecule is CC(C)(C)OC(=O)NC(=N)N(CCNc1ccc(CCCCN=C(N)NC(=O)c2nc(Cl)c(N)nc2N)cc1)C(=O)OC(C)(C)C. The predicted molar refractivity (Wildman–Crippen MR) is 178 cm³/mol. The van der Waals surface area contributed by atoms with Crippen LogP contribution in [0.2, 0.25) is 5.15 Å². The number of nitrogens with one attached hydrogen (secondary N) is 4. The van der Waals surface area contributed by atoms with Gasteiger partial charge in [0.2, 0.25) is 5.96 Å². The number of nitrogens with two attached hydrogens (primary N) is 3. The molecule has 0 aliphatic carbocycles. The maximum Gasteiger partial charge on any atom is 0.417 e. The van der Waals surface area contributed by atoms with E-state index in [1.165, 1.54) is 0 Å². The Morgan fingerprint density at radius 1 is 0.957 bits per heavy atom. The average molecular weight is 662 g/mol. The quantitative estimate of drug-likeness (QED) is 0.110. The molecule has 0 saturated heterocycles. The largest absolute Gasteiger partial charge is 0.444 e. The highest BCUT2D eigenvalue weighted by atomic mass is 35.5. The van der Waals surface area contributed by atoms with Crippen molar-refractivity contribution >= 4 is 58.9 Å². The number of rotatable bonds is 10. The lowest BCUT2D eigenvalue weighted by Crippen LogP contribution is -2.50. The molecule has 2 rings (SSSR count). The number of hydrogen-bond donors (Lipinski definition) is 7. The number of aromatic nitrogens is 2. The minimum absolute atomic E-state index is 0.0455. The minimum Gasteiger partial charge on any atom is -0.444 e. The number of unbranched alkanes of at least 4 members (excludes halogenated alkanes) is 1. The van der Waals surface area contributed by atoms with E-state index in [2.05, 4.69) is 30.9 Å². The molecule has 0 bridgehead atoms. The number of nitrogens with zero attached hydrogens (tertiary/aromatic N) is 4. The van der Waals surface area contributed by atoms with E-state index in [1.54, 1.807) is 41.5 Å². The Labute approximate surface area is 273 Å². The molecule has 16 nitrogen and oxygen atoms in total. The Morgan fingerprint density at radius 2 is 1.59 bits per heavy atom. The van der Waals surface area contributed by atoms with Crippen LogP contribution in [-0.4, -0.2) is 75.7 Å². The van der Waals surface area contributed by atoms with Crippen molar-refractivity contribution in [1.29, 1.82) is 5.41 Å². The molecule has 0 aliphatic heterocycles. The van der Waals surface area contributed by atoms with Gasteiger partial charge >= 0.3 is 12.2 Å². The lowest BCUT2D eigenvalue weighted by atomic mass is 10.1. The van der Waals surface area contributed by atoms with E-state index >= 15 is 0 Å². The van der Waals surface area contributed by atoms with E-state index in [9.17, 15) is 14.4 Å². The monoisotopic (exact) mass is 661 g/mol. The van der Waals surface area contributed by atoms with Crippen LogP contribution >= 0.6 is 11.6 Å². The third-order valence-electron chi connectivity index (χ3n) is 5.64. The molecule has 0 atom stereocenters. The van der Waals surface area contributed by atoms with Crippen molar-refractivity contribution in [2.45, 2.75) is 72.0 Å². The summed E-state index contributed by atoms with van der Waals surface area (Å²) in [5.74, 6) is -1.51. The molecule has 3 amide bonds. The molecule has 0 radical (unpaired) electrons. The molecule has 1 aromatic heterocycles. The molecule has 0 saturated carbocycles. The second kappa shape index (κ2) is 16.5. The zero-order valence-electron chi connectivity index (χ0n) is 27.0. The molecule has 0 unspecified atom stereocenters. The number of halogens is 1. The third-order valence-corrected chi connectivity index (χ3v) is 5.92. The summed E-state index contributed by atoms with van der Waals surface area (Å²) in [5, 5.41) is 16.0. The summed E-state index contributed by atoms with van der Waals surface area (Å²) in [6.07, 6.45) is 0.706. The van der Waals surface area contributed by atoms with Crippen LogP contribution in [0.4, 0.5) is 26.9 Å². The van der Waals surface area contributed by atoms with Crippen LogP contribution in [0.3, 0.4) is 0 Å². The van der Waals surface area contributed by atoms with Crippen molar-refractivity contribution in [3.63, 3.8) is 0 Å². The van der Waals surface area contributed by atoms with Crippen molar-refractivity contribution in [2.24, 2.45) is 10.7 Å². The van der Waals surface area contributed by atoms with Crippen LogP contribution in [0, 0.1) is 5.41 Å². The van der Waals surface area contributed by atoms with Gasteiger partial charge in [-0.1, -0.05) is 23.7 Å². The van der Waals surface area contributed by atoms with Gasteiger partial charge in [0.25, 0.3) is 5.91 Å². The van der Waals surface area contributed by atoms with E-state index in [0.717, 1.165) is 35.4 Å². The van der Waals surface area contributed by atoms with Crippen LogP contribution in [-0.2, 0) is 15.9 Å². The summed E-state index contributed by atoms with van der Waals surface area (Å²) in [4.78, 5) is 50.0. The van der Waals surface area contributed by atoms with E-state index in [4.69, 9.17) is 43.7 Å². The fraction of sp³-hybridized carbons (Fsp3) is 0.483. The topological polar surface area (TPSA) is 249 Å². The van der Waals surface area contributed by atoms with Crippen LogP contribution in [0.5, 0.6) is 0 Å². The van der Waals surface area contributed by atoms with Gasteiger partial charge in [-0.15, -0.1) is 0 Å². The van der Waals surface area contributed by atoms with Gasteiger partial charge in [0.05, 0.1) is 0 Å². The number of nitrogen functional groups attached to an aromatic ring is 2. The maximum atomic E-state index is 12.8. The van der Waals surface area contributed by atoms with Crippen molar-refractivity contribution in [3.05, 3.63) is 40.7 Å². The van der Waals surface area contributed by atoms with E-state index < -0.39 is 35.3 Å². The number of anilines is 3. The van der Waals surface area contributed by atoms with Gasteiger partial charge < -0.3 is 32.0 Å². The lowest BCUT2D eigenvalue weighted by molar-refractivity contribution is 0.0362. The first-order valence-corrected chi connectivity index (χ1v) is 14.8. The van der Waals surface area contributed by atoms with Crippen LogP contribution in [0.15, 0.2) is 29.3 Å². The molecule has 0 spiro atoms. The summed E-state index contributed by atoms with van der Waals surface area (Å²) < 4.78 is 10.6. The van der Waals surface area contributed by atoms with Crippen LogP contribution in [0.25, 0.3) is 0 Å². The van der Waals surface area contributed by atoms with E-state index in [0.29, 0.717) is 6.54 Å². The Kier molecular flexibility index (Phi) is 13.3. The van der Waals surface area contributed by atoms with Crippen molar-refractivity contribution in [1.82, 2.24) is 25.5 Å². The molecule has 1 aromatic carbocycles. The molecule has 10 N–H and O–H groups in total. The number of carbonyl (C=O) groups excluding carboxylic acids is 3. The molecule has 252 valence electrons. The molecule has 0 fully saturated rings. The van der Waals surface area contributed by atoms with Gasteiger partial charge in [-0.2, -0.15) is 0 Å². The number of aliphatic imine (C=N–C) groups is 1. The van der Waals surface area contributed by atoms with Gasteiger partial charge in [0.1, 0.15) is 11.2 Å².